The summed E-state index contributed by atoms with van der Waals surface area (Å²) in [6.07, 6.45) is 2.25. The van der Waals surface area contributed by atoms with Crippen LogP contribution in [0.25, 0.3) is 0 Å². The smallest absolute Gasteiger partial charge is 0.216 e. The molecule has 1 fully saturated rings. The molecule has 6 nitrogen and oxygen atoms in total. The molecule has 0 aromatic carbocycles. The molecule has 0 unspecified atom stereocenters. The topological polar surface area (TPSA) is 76.7 Å². The van der Waals surface area contributed by atoms with Crippen LogP contribution in [-0.4, -0.2) is 30.3 Å². The van der Waals surface area contributed by atoms with Crippen LogP contribution in [0.15, 0.2) is 9.50 Å². The molecular formula is C8H8ClN5OS2. The molecule has 1 saturated carbocycles. The van der Waals surface area contributed by atoms with Gasteiger partial charge < -0.3 is 5.11 Å². The summed E-state index contributed by atoms with van der Waals surface area (Å²) in [6.45, 7) is -0.0926. The Kier molecular flexibility index (Phi) is 3.03. The number of nitrogens with zero attached hydrogens (tertiary/aromatic N) is 5. The van der Waals surface area contributed by atoms with Crippen LogP contribution in [0.4, 0.5) is 0 Å². The Balaban J connectivity index is 1.83. The minimum atomic E-state index is -0.0926. The quantitative estimate of drug-likeness (QED) is 0.924. The zero-order valence-corrected chi connectivity index (χ0v) is 11.0. The van der Waals surface area contributed by atoms with Crippen molar-refractivity contribution in [2.24, 2.45) is 0 Å². The second-order valence-corrected chi connectivity index (χ2v) is 6.25. The van der Waals surface area contributed by atoms with Crippen molar-refractivity contribution in [2.75, 3.05) is 0 Å². The Hall–Kier alpha value is -0.700. The Morgan fingerprint density at radius 2 is 2.35 bits per heavy atom. The lowest BCUT2D eigenvalue weighted by Crippen LogP contribution is -1.98. The molecular weight excluding hydrogens is 282 g/mol. The van der Waals surface area contributed by atoms with Gasteiger partial charge in [0.15, 0.2) is 4.34 Å². The maximum absolute atomic E-state index is 9.04. The Morgan fingerprint density at radius 3 is 3.00 bits per heavy atom. The fraction of sp³-hybridized carbons (Fsp3) is 0.500. The number of halogens is 1. The van der Waals surface area contributed by atoms with Crippen LogP contribution in [0.3, 0.4) is 0 Å². The summed E-state index contributed by atoms with van der Waals surface area (Å²) in [5.41, 5.74) is 0. The van der Waals surface area contributed by atoms with E-state index in [0.29, 0.717) is 16.1 Å². The van der Waals surface area contributed by atoms with Crippen LogP contribution < -0.4 is 0 Å². The summed E-state index contributed by atoms with van der Waals surface area (Å²) in [7, 11) is 0. The standard InChI is InChI=1S/C8H8ClN5OS2/c9-6-5(3-15)16-8(10-6)17-7-11-12-13-14(7)4-1-2-4/h4,15H,1-3H2. The number of hydrogen-bond donors (Lipinski definition) is 1. The van der Waals surface area contributed by atoms with E-state index in [1.54, 1.807) is 0 Å². The van der Waals surface area contributed by atoms with Crippen molar-refractivity contribution in [3.05, 3.63) is 10.0 Å². The highest BCUT2D eigenvalue weighted by atomic mass is 35.5. The Labute approximate surface area is 110 Å². The number of aromatic nitrogens is 5. The van der Waals surface area contributed by atoms with Crippen molar-refractivity contribution in [1.82, 2.24) is 25.2 Å². The molecule has 1 aliphatic carbocycles. The third kappa shape index (κ3) is 2.30. The molecule has 0 radical (unpaired) electrons. The highest BCUT2D eigenvalue weighted by Gasteiger charge is 2.28. The highest BCUT2D eigenvalue weighted by Crippen LogP contribution is 2.39. The number of aliphatic hydroxyl groups is 1. The minimum Gasteiger partial charge on any atom is -0.391 e. The molecule has 0 spiro atoms. The third-order valence-corrected chi connectivity index (χ3v) is 4.78. The predicted octanol–water partition coefficient (Wildman–Crippen LogP) is 1.76. The van der Waals surface area contributed by atoms with E-state index in [4.69, 9.17) is 16.7 Å². The van der Waals surface area contributed by atoms with Gasteiger partial charge >= 0.3 is 0 Å². The van der Waals surface area contributed by atoms with E-state index in [-0.39, 0.29) is 6.61 Å². The van der Waals surface area contributed by atoms with E-state index in [2.05, 4.69) is 20.5 Å². The molecule has 2 heterocycles. The lowest BCUT2D eigenvalue weighted by Gasteiger charge is -1.98. The maximum atomic E-state index is 9.04. The molecule has 0 saturated heterocycles. The van der Waals surface area contributed by atoms with Crippen LogP contribution in [-0.2, 0) is 6.61 Å². The lowest BCUT2D eigenvalue weighted by molar-refractivity contribution is 0.285. The predicted molar refractivity (Wildman–Crippen MR) is 63.3 cm³/mol. The first kappa shape index (κ1) is 11.4. The molecule has 3 rings (SSSR count). The van der Waals surface area contributed by atoms with Crippen LogP contribution in [0, 0.1) is 0 Å². The zero-order valence-electron chi connectivity index (χ0n) is 8.58. The fourth-order valence-electron chi connectivity index (χ4n) is 1.33. The van der Waals surface area contributed by atoms with Gasteiger partial charge in [0.05, 0.1) is 17.5 Å². The van der Waals surface area contributed by atoms with Gasteiger partial charge in [0.2, 0.25) is 5.16 Å². The van der Waals surface area contributed by atoms with Crippen molar-refractivity contribution in [3.63, 3.8) is 0 Å². The van der Waals surface area contributed by atoms with Crippen molar-refractivity contribution >= 4 is 34.7 Å². The summed E-state index contributed by atoms with van der Waals surface area (Å²) in [5.74, 6) is 0. The first-order valence-corrected chi connectivity index (χ1v) is 7.01. The van der Waals surface area contributed by atoms with Gasteiger partial charge in [-0.15, -0.1) is 16.4 Å². The minimum absolute atomic E-state index is 0.0926. The van der Waals surface area contributed by atoms with Crippen LogP contribution in [0.1, 0.15) is 23.8 Å². The number of hydrogen-bond acceptors (Lipinski definition) is 7. The van der Waals surface area contributed by atoms with Gasteiger partial charge in [-0.25, -0.2) is 9.67 Å². The van der Waals surface area contributed by atoms with E-state index in [9.17, 15) is 0 Å². The molecule has 2 aromatic heterocycles. The van der Waals surface area contributed by atoms with Crippen molar-refractivity contribution in [2.45, 2.75) is 35.0 Å². The average molecular weight is 290 g/mol. The summed E-state index contributed by atoms with van der Waals surface area (Å²) in [6, 6.07) is 0.431. The molecule has 1 aliphatic rings. The Bertz CT molecular complexity index is 538. The van der Waals surface area contributed by atoms with Crippen LogP contribution >= 0.6 is 34.7 Å². The second kappa shape index (κ2) is 4.52. The molecule has 0 aliphatic heterocycles. The summed E-state index contributed by atoms with van der Waals surface area (Å²) in [4.78, 5) is 4.82. The second-order valence-electron chi connectivity index (χ2n) is 3.59. The third-order valence-electron chi connectivity index (χ3n) is 2.31. The Morgan fingerprint density at radius 1 is 1.53 bits per heavy atom. The first-order valence-electron chi connectivity index (χ1n) is 4.99. The summed E-state index contributed by atoms with van der Waals surface area (Å²) in [5, 5.41) is 21.7. The molecule has 90 valence electrons. The number of thiazole rings is 1. The lowest BCUT2D eigenvalue weighted by atomic mass is 10.6. The summed E-state index contributed by atoms with van der Waals surface area (Å²) >= 11 is 8.61. The normalized spacial score (nSPS) is 15.4. The number of rotatable bonds is 4. The van der Waals surface area contributed by atoms with Gasteiger partial charge in [-0.2, -0.15) is 0 Å². The van der Waals surface area contributed by atoms with Crippen molar-refractivity contribution in [3.8, 4) is 0 Å². The zero-order chi connectivity index (χ0) is 11.8. The van der Waals surface area contributed by atoms with E-state index in [1.807, 2.05) is 4.68 Å². The van der Waals surface area contributed by atoms with Gasteiger partial charge in [0.1, 0.15) is 5.15 Å². The fourth-order valence-corrected chi connectivity index (χ4v) is 3.58. The van der Waals surface area contributed by atoms with Gasteiger partial charge in [0, 0.05) is 0 Å². The number of tetrazole rings is 1. The monoisotopic (exact) mass is 289 g/mol. The largest absolute Gasteiger partial charge is 0.391 e. The van der Waals surface area contributed by atoms with E-state index >= 15 is 0 Å². The number of aliphatic hydroxyl groups excluding tert-OH is 1. The van der Waals surface area contributed by atoms with Gasteiger partial charge in [-0.1, -0.05) is 11.6 Å². The van der Waals surface area contributed by atoms with Crippen molar-refractivity contribution < 1.29 is 5.11 Å². The molecule has 1 N–H and O–H groups in total. The van der Waals surface area contributed by atoms with Crippen molar-refractivity contribution in [1.29, 1.82) is 0 Å². The maximum Gasteiger partial charge on any atom is 0.216 e. The van der Waals surface area contributed by atoms with Crippen LogP contribution in [0.5, 0.6) is 0 Å². The molecule has 0 amide bonds. The van der Waals surface area contributed by atoms with E-state index in [0.717, 1.165) is 22.3 Å². The van der Waals surface area contributed by atoms with Gasteiger partial charge in [-0.3, -0.25) is 0 Å². The molecule has 2 aromatic rings. The van der Waals surface area contributed by atoms with E-state index in [1.165, 1.54) is 23.1 Å². The van der Waals surface area contributed by atoms with Gasteiger partial charge in [-0.05, 0) is 35.0 Å². The van der Waals surface area contributed by atoms with Crippen LogP contribution in [0.2, 0.25) is 5.15 Å². The molecule has 9 heteroatoms. The van der Waals surface area contributed by atoms with E-state index < -0.39 is 0 Å². The molecule has 0 bridgehead atoms. The average Bonchev–Trinajstić information content (AvgIpc) is 2.96. The summed E-state index contributed by atoms with van der Waals surface area (Å²) < 4.78 is 2.56. The van der Waals surface area contributed by atoms with Gasteiger partial charge in [0.25, 0.3) is 0 Å². The first-order chi connectivity index (χ1) is 8.28. The SMILES string of the molecule is OCc1sc(Sc2nnnn2C2CC2)nc1Cl. The highest BCUT2D eigenvalue weighted by molar-refractivity contribution is 8.00. The molecule has 0 atom stereocenters. The molecule has 17 heavy (non-hydrogen) atoms.